The molecule has 0 radical (unpaired) electrons. The van der Waals surface area contributed by atoms with E-state index in [2.05, 4.69) is 38.1 Å². The number of furan rings is 1. The van der Waals surface area contributed by atoms with E-state index >= 15 is 0 Å². The summed E-state index contributed by atoms with van der Waals surface area (Å²) in [5.41, 5.74) is 3.00. The summed E-state index contributed by atoms with van der Waals surface area (Å²) in [6, 6.07) is 14.4. The molecule has 2 heteroatoms. The van der Waals surface area contributed by atoms with E-state index in [1.165, 1.54) is 5.39 Å². The molecular formula is C17H17ClO. The van der Waals surface area contributed by atoms with Gasteiger partial charge in [-0.1, -0.05) is 44.2 Å². The first-order chi connectivity index (χ1) is 9.15. The monoisotopic (exact) mass is 272 g/mol. The molecule has 1 heterocycles. The van der Waals surface area contributed by atoms with Crippen molar-refractivity contribution in [3.05, 3.63) is 48.0 Å². The quantitative estimate of drug-likeness (QED) is 0.540. The minimum absolute atomic E-state index is 0.0533. The van der Waals surface area contributed by atoms with E-state index in [4.69, 9.17) is 16.0 Å². The number of benzene rings is 2. The molecule has 0 bridgehead atoms. The van der Waals surface area contributed by atoms with Gasteiger partial charge in [0.15, 0.2) is 0 Å². The lowest BCUT2D eigenvalue weighted by Gasteiger charge is -2.12. The van der Waals surface area contributed by atoms with Gasteiger partial charge < -0.3 is 4.42 Å². The van der Waals surface area contributed by atoms with E-state index in [9.17, 15) is 0 Å². The molecule has 0 aliphatic carbocycles. The zero-order chi connectivity index (χ0) is 13.4. The van der Waals surface area contributed by atoms with Crippen molar-refractivity contribution >= 4 is 33.5 Å². The van der Waals surface area contributed by atoms with E-state index in [0.717, 1.165) is 28.5 Å². The molecular weight excluding hydrogens is 256 g/mol. The Hall–Kier alpha value is -1.47. The van der Waals surface area contributed by atoms with Crippen molar-refractivity contribution in [2.45, 2.75) is 25.6 Å². The maximum absolute atomic E-state index is 6.46. The van der Waals surface area contributed by atoms with Gasteiger partial charge in [-0.2, -0.15) is 0 Å². The number of alkyl halides is 1. The van der Waals surface area contributed by atoms with Crippen LogP contribution in [0.1, 0.15) is 31.2 Å². The van der Waals surface area contributed by atoms with E-state index in [1.54, 1.807) is 0 Å². The van der Waals surface area contributed by atoms with Gasteiger partial charge in [-0.25, -0.2) is 0 Å². The van der Waals surface area contributed by atoms with Gasteiger partial charge in [-0.3, -0.25) is 0 Å². The molecule has 0 N–H and O–H groups in total. The Kier molecular flexibility index (Phi) is 3.24. The molecule has 0 aliphatic rings. The van der Waals surface area contributed by atoms with Crippen molar-refractivity contribution in [2.75, 3.05) is 0 Å². The number of rotatable bonds is 3. The molecule has 0 saturated heterocycles. The summed E-state index contributed by atoms with van der Waals surface area (Å²) in [6.45, 7) is 4.38. The molecule has 0 fully saturated rings. The highest BCUT2D eigenvalue weighted by atomic mass is 35.5. The van der Waals surface area contributed by atoms with Crippen molar-refractivity contribution in [1.82, 2.24) is 0 Å². The molecule has 98 valence electrons. The Labute approximate surface area is 118 Å². The van der Waals surface area contributed by atoms with E-state index in [-0.39, 0.29) is 5.38 Å². The first-order valence-electron chi connectivity index (χ1n) is 6.70. The fourth-order valence-electron chi connectivity index (χ4n) is 2.49. The highest BCUT2D eigenvalue weighted by Crippen LogP contribution is 2.33. The van der Waals surface area contributed by atoms with Crippen LogP contribution in [0.3, 0.4) is 0 Å². The van der Waals surface area contributed by atoms with Gasteiger partial charge in [0.25, 0.3) is 0 Å². The molecule has 1 atom stereocenters. The molecule has 0 aliphatic heterocycles. The first-order valence-corrected chi connectivity index (χ1v) is 7.14. The minimum Gasteiger partial charge on any atom is -0.456 e. The van der Waals surface area contributed by atoms with Crippen LogP contribution in [0.4, 0.5) is 0 Å². The van der Waals surface area contributed by atoms with Crippen LogP contribution >= 0.6 is 11.6 Å². The topological polar surface area (TPSA) is 13.1 Å². The molecule has 0 spiro atoms. The first kappa shape index (κ1) is 12.6. The van der Waals surface area contributed by atoms with Crippen LogP contribution in [-0.2, 0) is 0 Å². The van der Waals surface area contributed by atoms with Crippen LogP contribution in [-0.4, -0.2) is 0 Å². The normalized spacial score (nSPS) is 13.5. The second-order valence-corrected chi connectivity index (χ2v) is 5.98. The summed E-state index contributed by atoms with van der Waals surface area (Å²) >= 11 is 6.46. The molecule has 19 heavy (non-hydrogen) atoms. The minimum atomic E-state index is 0.0533. The Morgan fingerprint density at radius 1 is 1.00 bits per heavy atom. The van der Waals surface area contributed by atoms with Crippen molar-refractivity contribution in [3.63, 3.8) is 0 Å². The second-order valence-electron chi connectivity index (χ2n) is 5.45. The van der Waals surface area contributed by atoms with Crippen LogP contribution < -0.4 is 0 Å². The third-order valence-corrected chi connectivity index (χ3v) is 3.87. The van der Waals surface area contributed by atoms with Crippen molar-refractivity contribution in [3.8, 4) is 0 Å². The molecule has 3 aromatic rings. The van der Waals surface area contributed by atoms with Crippen molar-refractivity contribution in [1.29, 1.82) is 0 Å². The van der Waals surface area contributed by atoms with Gasteiger partial charge >= 0.3 is 0 Å². The van der Waals surface area contributed by atoms with E-state index in [1.807, 2.05) is 18.2 Å². The van der Waals surface area contributed by atoms with Crippen LogP contribution in [0.2, 0.25) is 0 Å². The fourth-order valence-corrected chi connectivity index (χ4v) is 2.98. The van der Waals surface area contributed by atoms with Crippen LogP contribution in [0.25, 0.3) is 21.9 Å². The Balaban J connectivity index is 2.08. The zero-order valence-corrected chi connectivity index (χ0v) is 11.9. The summed E-state index contributed by atoms with van der Waals surface area (Å²) in [5.74, 6) is 0.592. The maximum atomic E-state index is 6.46. The summed E-state index contributed by atoms with van der Waals surface area (Å²) < 4.78 is 5.89. The lowest BCUT2D eigenvalue weighted by Crippen LogP contribution is -1.95. The van der Waals surface area contributed by atoms with Gasteiger partial charge in [-0.15, -0.1) is 11.6 Å². The lowest BCUT2D eigenvalue weighted by atomic mass is 10.0. The van der Waals surface area contributed by atoms with Gasteiger partial charge in [0.2, 0.25) is 0 Å². The molecule has 2 aromatic carbocycles. The van der Waals surface area contributed by atoms with Crippen LogP contribution in [0.5, 0.6) is 0 Å². The van der Waals surface area contributed by atoms with Gasteiger partial charge in [-0.05, 0) is 30.0 Å². The molecule has 1 unspecified atom stereocenters. The number of hydrogen-bond acceptors (Lipinski definition) is 1. The second kappa shape index (κ2) is 4.90. The lowest BCUT2D eigenvalue weighted by molar-refractivity contribution is 0.574. The SMILES string of the molecule is CC(C)CC(Cl)c1ccc2c(c1)oc1ccccc12. The average Bonchev–Trinajstić information content (AvgIpc) is 2.75. The van der Waals surface area contributed by atoms with Gasteiger partial charge in [0.1, 0.15) is 11.2 Å². The summed E-state index contributed by atoms with van der Waals surface area (Å²) in [4.78, 5) is 0. The molecule has 0 saturated carbocycles. The highest BCUT2D eigenvalue weighted by Gasteiger charge is 2.13. The van der Waals surface area contributed by atoms with Gasteiger partial charge in [0.05, 0.1) is 5.38 Å². The molecule has 3 rings (SSSR count). The predicted octanol–water partition coefficient (Wildman–Crippen LogP) is 5.91. The molecule has 1 nitrogen and oxygen atoms in total. The Morgan fingerprint density at radius 2 is 1.74 bits per heavy atom. The van der Waals surface area contributed by atoms with E-state index < -0.39 is 0 Å². The largest absolute Gasteiger partial charge is 0.456 e. The van der Waals surface area contributed by atoms with Crippen molar-refractivity contribution in [2.24, 2.45) is 5.92 Å². The standard InChI is InChI=1S/C17H17ClO/c1-11(2)9-15(18)12-7-8-14-13-5-3-4-6-16(13)19-17(14)10-12/h3-8,10-11,15H,9H2,1-2H3. The molecule has 1 aromatic heterocycles. The summed E-state index contributed by atoms with van der Waals surface area (Å²) in [7, 11) is 0. The van der Waals surface area contributed by atoms with Crippen LogP contribution in [0, 0.1) is 5.92 Å². The average molecular weight is 273 g/mol. The number of fused-ring (bicyclic) bond motifs is 3. The molecule has 0 amide bonds. The van der Waals surface area contributed by atoms with Crippen LogP contribution in [0.15, 0.2) is 46.9 Å². The number of halogens is 1. The number of hydrogen-bond donors (Lipinski definition) is 0. The third-order valence-electron chi connectivity index (χ3n) is 3.44. The summed E-state index contributed by atoms with van der Waals surface area (Å²) in [5, 5.41) is 2.38. The maximum Gasteiger partial charge on any atom is 0.135 e. The smallest absolute Gasteiger partial charge is 0.135 e. The fraction of sp³-hybridized carbons (Fsp3) is 0.294. The predicted molar refractivity (Wildman–Crippen MR) is 81.8 cm³/mol. The Morgan fingerprint density at radius 3 is 2.53 bits per heavy atom. The zero-order valence-electron chi connectivity index (χ0n) is 11.2. The van der Waals surface area contributed by atoms with E-state index in [0.29, 0.717) is 5.92 Å². The number of para-hydroxylation sites is 1. The summed E-state index contributed by atoms with van der Waals surface area (Å²) in [6.07, 6.45) is 0.979. The van der Waals surface area contributed by atoms with Gasteiger partial charge in [0, 0.05) is 10.8 Å². The highest BCUT2D eigenvalue weighted by molar-refractivity contribution is 6.21. The van der Waals surface area contributed by atoms with Crippen molar-refractivity contribution < 1.29 is 4.42 Å². The Bertz CT molecular complexity index is 711. The third kappa shape index (κ3) is 2.35.